The molecule has 0 bridgehead atoms. The molecule has 0 amide bonds. The van der Waals surface area contributed by atoms with Crippen molar-refractivity contribution in [3.8, 4) is 0 Å². The van der Waals surface area contributed by atoms with Crippen LogP contribution in [0, 0.1) is 0 Å². The largest absolute Gasteiger partial charge is 0.377 e. The Morgan fingerprint density at radius 3 is 2.68 bits per heavy atom. The van der Waals surface area contributed by atoms with Crippen LogP contribution in [0.2, 0.25) is 0 Å². The van der Waals surface area contributed by atoms with Crippen LogP contribution in [-0.2, 0) is 4.74 Å². The Kier molecular flexibility index (Phi) is 6.57. The Morgan fingerprint density at radius 2 is 2.00 bits per heavy atom. The van der Waals surface area contributed by atoms with E-state index in [2.05, 4.69) is 9.80 Å². The molecule has 112 valence electrons. The molecule has 0 saturated carbocycles. The fraction of sp³-hybridized carbons (Fsp3) is 1.00. The number of nitrogens with zero attached hydrogens (tertiary/aromatic N) is 2. The van der Waals surface area contributed by atoms with Gasteiger partial charge in [0, 0.05) is 32.3 Å². The molecule has 0 aliphatic carbocycles. The summed E-state index contributed by atoms with van der Waals surface area (Å²) in [5.74, 6) is 0. The summed E-state index contributed by atoms with van der Waals surface area (Å²) in [7, 11) is 0. The molecule has 2 aliphatic rings. The van der Waals surface area contributed by atoms with Gasteiger partial charge in [-0.3, -0.25) is 4.90 Å². The van der Waals surface area contributed by atoms with E-state index in [0.29, 0.717) is 6.54 Å². The molecule has 0 aromatic carbocycles. The van der Waals surface area contributed by atoms with Crippen molar-refractivity contribution in [2.24, 2.45) is 5.73 Å². The maximum atomic E-state index is 5.74. The second-order valence-corrected chi connectivity index (χ2v) is 5.94. The summed E-state index contributed by atoms with van der Waals surface area (Å²) in [6.07, 6.45) is 6.91. The predicted octanol–water partition coefficient (Wildman–Crippen LogP) is 1.30. The van der Waals surface area contributed by atoms with Gasteiger partial charge in [0.05, 0.1) is 6.10 Å². The van der Waals surface area contributed by atoms with Crippen LogP contribution in [0.4, 0.5) is 0 Å². The van der Waals surface area contributed by atoms with Crippen LogP contribution in [0.5, 0.6) is 0 Å². The quantitative estimate of drug-likeness (QED) is 0.756. The Morgan fingerprint density at radius 1 is 1.21 bits per heavy atom. The van der Waals surface area contributed by atoms with Crippen LogP contribution in [0.25, 0.3) is 0 Å². The predicted molar refractivity (Wildman–Crippen MR) is 79.4 cm³/mol. The van der Waals surface area contributed by atoms with Crippen molar-refractivity contribution in [1.29, 1.82) is 0 Å². The van der Waals surface area contributed by atoms with Crippen LogP contribution in [0.15, 0.2) is 0 Å². The first kappa shape index (κ1) is 15.2. The highest BCUT2D eigenvalue weighted by atomic mass is 16.5. The Bertz CT molecular complexity index is 244. The monoisotopic (exact) mass is 269 g/mol. The van der Waals surface area contributed by atoms with E-state index in [1.54, 1.807) is 0 Å². The first-order valence-electron chi connectivity index (χ1n) is 8.11. The minimum Gasteiger partial charge on any atom is -0.377 e. The van der Waals surface area contributed by atoms with Crippen molar-refractivity contribution in [1.82, 2.24) is 9.80 Å². The number of ether oxygens (including phenoxy) is 1. The molecule has 4 nitrogen and oxygen atoms in total. The lowest BCUT2D eigenvalue weighted by Crippen LogP contribution is -2.41. The molecule has 2 unspecified atom stereocenters. The minimum atomic E-state index is 0.249. The fourth-order valence-electron chi connectivity index (χ4n) is 3.43. The molecule has 0 aromatic rings. The fourth-order valence-corrected chi connectivity index (χ4v) is 3.43. The van der Waals surface area contributed by atoms with Gasteiger partial charge in [0.15, 0.2) is 0 Å². The van der Waals surface area contributed by atoms with E-state index in [-0.39, 0.29) is 6.10 Å². The normalized spacial score (nSPS) is 27.8. The van der Waals surface area contributed by atoms with Crippen molar-refractivity contribution in [3.63, 3.8) is 0 Å². The first-order chi connectivity index (χ1) is 9.33. The smallest absolute Gasteiger partial charge is 0.0709 e. The number of likely N-dealkylation sites (tertiary alicyclic amines) is 2. The van der Waals surface area contributed by atoms with Gasteiger partial charge in [0.2, 0.25) is 0 Å². The summed E-state index contributed by atoms with van der Waals surface area (Å²) in [6.45, 7) is 9.77. The topological polar surface area (TPSA) is 41.7 Å². The highest BCUT2D eigenvalue weighted by Gasteiger charge is 2.28. The van der Waals surface area contributed by atoms with E-state index < -0.39 is 0 Å². The SMILES string of the molecule is CCOC(CN)CCN1CCC(N2CCCCC2)C1. The van der Waals surface area contributed by atoms with Crippen LogP contribution in [0.3, 0.4) is 0 Å². The van der Waals surface area contributed by atoms with Gasteiger partial charge in [0.1, 0.15) is 0 Å². The molecular weight excluding hydrogens is 238 g/mol. The number of nitrogens with two attached hydrogens (primary N) is 1. The van der Waals surface area contributed by atoms with Crippen molar-refractivity contribution < 1.29 is 4.74 Å². The summed E-state index contributed by atoms with van der Waals surface area (Å²) in [6, 6.07) is 0.809. The molecule has 0 spiro atoms. The number of hydrogen-bond donors (Lipinski definition) is 1. The Balaban J connectivity index is 1.66. The number of hydrogen-bond acceptors (Lipinski definition) is 4. The zero-order valence-electron chi connectivity index (χ0n) is 12.5. The summed E-state index contributed by atoms with van der Waals surface area (Å²) in [4.78, 5) is 5.31. The highest BCUT2D eigenvalue weighted by molar-refractivity contribution is 4.85. The lowest BCUT2D eigenvalue weighted by atomic mass is 10.1. The Labute approximate surface area is 118 Å². The van der Waals surface area contributed by atoms with Crippen LogP contribution < -0.4 is 5.73 Å². The average molecular weight is 269 g/mol. The summed E-state index contributed by atoms with van der Waals surface area (Å²) in [5, 5.41) is 0. The molecule has 2 saturated heterocycles. The highest BCUT2D eigenvalue weighted by Crippen LogP contribution is 2.20. The zero-order chi connectivity index (χ0) is 13.5. The van der Waals surface area contributed by atoms with Gasteiger partial charge in [-0.25, -0.2) is 0 Å². The Hall–Kier alpha value is -0.160. The maximum absolute atomic E-state index is 5.74. The molecule has 2 fully saturated rings. The van der Waals surface area contributed by atoms with E-state index in [4.69, 9.17) is 10.5 Å². The third kappa shape index (κ3) is 4.71. The zero-order valence-corrected chi connectivity index (χ0v) is 12.5. The lowest BCUT2D eigenvalue weighted by Gasteiger charge is -2.32. The van der Waals surface area contributed by atoms with Gasteiger partial charge in [-0.2, -0.15) is 0 Å². The van der Waals surface area contributed by atoms with Crippen LogP contribution >= 0.6 is 0 Å². The van der Waals surface area contributed by atoms with E-state index in [0.717, 1.165) is 25.6 Å². The summed E-state index contributed by atoms with van der Waals surface area (Å²) >= 11 is 0. The van der Waals surface area contributed by atoms with Gasteiger partial charge in [0.25, 0.3) is 0 Å². The average Bonchev–Trinajstić information content (AvgIpc) is 2.93. The van der Waals surface area contributed by atoms with Crippen molar-refractivity contribution in [2.75, 3.05) is 45.9 Å². The molecule has 0 aromatic heterocycles. The number of piperidine rings is 1. The van der Waals surface area contributed by atoms with Crippen LogP contribution in [0.1, 0.15) is 39.0 Å². The molecule has 0 radical (unpaired) electrons. The van der Waals surface area contributed by atoms with Gasteiger partial charge >= 0.3 is 0 Å². The van der Waals surface area contributed by atoms with Gasteiger partial charge in [-0.15, -0.1) is 0 Å². The molecule has 19 heavy (non-hydrogen) atoms. The van der Waals surface area contributed by atoms with Crippen molar-refractivity contribution in [2.45, 2.75) is 51.2 Å². The second kappa shape index (κ2) is 8.20. The number of rotatable bonds is 7. The second-order valence-electron chi connectivity index (χ2n) is 5.94. The molecule has 2 rings (SSSR count). The molecular formula is C15H31N3O. The van der Waals surface area contributed by atoms with E-state index in [9.17, 15) is 0 Å². The maximum Gasteiger partial charge on any atom is 0.0709 e. The van der Waals surface area contributed by atoms with Gasteiger partial charge in [-0.1, -0.05) is 6.42 Å². The molecule has 4 heteroatoms. The standard InChI is InChI=1S/C15H31N3O/c1-2-19-15(12-16)7-11-17-10-6-14(13-17)18-8-4-3-5-9-18/h14-15H,2-13,16H2,1H3. The lowest BCUT2D eigenvalue weighted by molar-refractivity contribution is 0.0553. The third-order valence-electron chi connectivity index (χ3n) is 4.59. The van der Waals surface area contributed by atoms with Crippen molar-refractivity contribution >= 4 is 0 Å². The summed E-state index contributed by atoms with van der Waals surface area (Å²) in [5.41, 5.74) is 5.74. The van der Waals surface area contributed by atoms with Gasteiger partial charge < -0.3 is 15.4 Å². The van der Waals surface area contributed by atoms with E-state index in [1.165, 1.54) is 51.9 Å². The molecule has 2 N–H and O–H groups in total. The first-order valence-corrected chi connectivity index (χ1v) is 8.11. The molecule has 2 aliphatic heterocycles. The van der Waals surface area contributed by atoms with E-state index in [1.807, 2.05) is 6.92 Å². The van der Waals surface area contributed by atoms with E-state index >= 15 is 0 Å². The minimum absolute atomic E-state index is 0.249. The van der Waals surface area contributed by atoms with Crippen LogP contribution in [-0.4, -0.2) is 67.8 Å². The van der Waals surface area contributed by atoms with Crippen molar-refractivity contribution in [3.05, 3.63) is 0 Å². The molecule has 2 heterocycles. The molecule has 2 atom stereocenters. The summed E-state index contributed by atoms with van der Waals surface area (Å²) < 4.78 is 5.63. The van der Waals surface area contributed by atoms with Gasteiger partial charge in [-0.05, 0) is 52.2 Å². The third-order valence-corrected chi connectivity index (χ3v) is 4.59.